The van der Waals surface area contributed by atoms with E-state index < -0.39 is 21.9 Å². The Kier molecular flexibility index (Phi) is 10.2. The second kappa shape index (κ2) is 13.1. The minimum atomic E-state index is -3.81. The molecular formula is C26H27Cl2NO6S. The third kappa shape index (κ3) is 7.69. The number of rotatable bonds is 12. The molecule has 10 heteroatoms. The highest BCUT2D eigenvalue weighted by Gasteiger charge is 2.20. The van der Waals surface area contributed by atoms with Crippen molar-refractivity contribution in [1.82, 2.24) is 5.32 Å². The van der Waals surface area contributed by atoms with Gasteiger partial charge in [-0.2, -0.15) is 0 Å². The van der Waals surface area contributed by atoms with Gasteiger partial charge in [-0.1, -0.05) is 54.4 Å². The first-order valence-electron chi connectivity index (χ1n) is 11.4. The van der Waals surface area contributed by atoms with Crippen molar-refractivity contribution >= 4 is 39.0 Å². The van der Waals surface area contributed by atoms with E-state index in [2.05, 4.69) is 10.2 Å². The zero-order valence-corrected chi connectivity index (χ0v) is 21.9. The Hall–Kier alpha value is -2.62. The summed E-state index contributed by atoms with van der Waals surface area (Å²) in [6.45, 7) is 2.79. The van der Waals surface area contributed by atoms with Crippen LogP contribution in [0.2, 0.25) is 10.0 Å². The normalized spacial score (nSPS) is 12.2. The number of aliphatic hydroxyl groups excluding tert-OH is 1. The van der Waals surface area contributed by atoms with E-state index in [1.165, 1.54) is 30.3 Å². The number of hydrogen-bond donors (Lipinski definition) is 2. The fourth-order valence-electron chi connectivity index (χ4n) is 3.33. The molecule has 1 atom stereocenters. The fourth-order valence-corrected chi connectivity index (χ4v) is 5.09. The summed E-state index contributed by atoms with van der Waals surface area (Å²) in [5.41, 5.74) is 1.68. The highest BCUT2D eigenvalue weighted by atomic mass is 35.5. The van der Waals surface area contributed by atoms with Crippen molar-refractivity contribution in [3.63, 3.8) is 0 Å². The lowest BCUT2D eigenvalue weighted by molar-refractivity contribution is -0.213. The molecule has 0 aromatic heterocycles. The summed E-state index contributed by atoms with van der Waals surface area (Å²) in [5, 5.41) is 14.0. The second-order valence-corrected chi connectivity index (χ2v) is 10.8. The van der Waals surface area contributed by atoms with Gasteiger partial charge in [-0.05, 0) is 73.0 Å². The van der Waals surface area contributed by atoms with E-state index in [4.69, 9.17) is 28.1 Å². The smallest absolute Gasteiger partial charge is 0.355 e. The molecule has 0 fully saturated rings. The van der Waals surface area contributed by atoms with Gasteiger partial charge in [0.1, 0.15) is 0 Å². The lowest BCUT2D eigenvalue weighted by Crippen LogP contribution is -2.23. The summed E-state index contributed by atoms with van der Waals surface area (Å²) in [6.07, 6.45) is 0.775. The Morgan fingerprint density at radius 3 is 2.42 bits per heavy atom. The Bertz CT molecular complexity index is 1280. The van der Waals surface area contributed by atoms with Crippen LogP contribution in [0.1, 0.15) is 37.0 Å². The predicted molar refractivity (Wildman–Crippen MR) is 138 cm³/mol. The van der Waals surface area contributed by atoms with Crippen molar-refractivity contribution in [1.29, 1.82) is 0 Å². The highest BCUT2D eigenvalue weighted by molar-refractivity contribution is 7.91. The monoisotopic (exact) mass is 551 g/mol. The molecule has 0 bridgehead atoms. The number of benzene rings is 3. The van der Waals surface area contributed by atoms with E-state index in [0.717, 1.165) is 11.1 Å². The average Bonchev–Trinajstić information content (AvgIpc) is 2.86. The summed E-state index contributed by atoms with van der Waals surface area (Å²) >= 11 is 12.1. The molecule has 0 radical (unpaired) electrons. The van der Waals surface area contributed by atoms with Crippen LogP contribution in [0.4, 0.5) is 0 Å². The number of sulfone groups is 1. The van der Waals surface area contributed by atoms with Gasteiger partial charge in [-0.25, -0.2) is 13.2 Å². The first-order chi connectivity index (χ1) is 17.2. The van der Waals surface area contributed by atoms with Gasteiger partial charge in [0.05, 0.1) is 20.9 Å². The van der Waals surface area contributed by atoms with Crippen LogP contribution in [-0.4, -0.2) is 32.6 Å². The molecule has 0 amide bonds. The Labute approximate surface area is 220 Å². The maximum absolute atomic E-state index is 13.0. The Balaban J connectivity index is 1.55. The van der Waals surface area contributed by atoms with Crippen molar-refractivity contribution in [2.45, 2.75) is 42.1 Å². The van der Waals surface area contributed by atoms with Crippen LogP contribution in [0, 0.1) is 0 Å². The molecule has 192 valence electrons. The standard InChI is InChI=1S/C26H27Cl2NO6S/c1-2-4-26(31)35-34-25-12-11-22(16-23(25)28)36(32,33)21-9-7-18(8-10-21)13-14-29-17-24(30)19-5-3-6-20(27)15-19/h3,5-12,15-16,24,29-30H,2,4,13-14,17H2,1H3/t24-/m0/s1. The van der Waals surface area contributed by atoms with Crippen LogP contribution in [0.5, 0.6) is 5.75 Å². The Morgan fingerprint density at radius 1 is 1.03 bits per heavy atom. The number of hydrogen-bond acceptors (Lipinski definition) is 7. The molecule has 3 aromatic carbocycles. The third-order valence-corrected chi connectivity index (χ3v) is 7.59. The van der Waals surface area contributed by atoms with Crippen LogP contribution in [-0.2, 0) is 25.9 Å². The maximum atomic E-state index is 13.0. The highest BCUT2D eigenvalue weighted by Crippen LogP contribution is 2.30. The van der Waals surface area contributed by atoms with Crippen molar-refractivity contribution in [3.05, 3.63) is 87.9 Å². The van der Waals surface area contributed by atoms with E-state index >= 15 is 0 Å². The van der Waals surface area contributed by atoms with E-state index in [-0.39, 0.29) is 27.0 Å². The molecule has 0 saturated carbocycles. The number of halogens is 2. The number of carbonyl (C=O) groups is 1. The van der Waals surface area contributed by atoms with Crippen molar-refractivity contribution in [3.8, 4) is 5.75 Å². The van der Waals surface area contributed by atoms with Crippen LogP contribution < -0.4 is 10.2 Å². The summed E-state index contributed by atoms with van der Waals surface area (Å²) in [6, 6.07) is 17.6. The van der Waals surface area contributed by atoms with Crippen LogP contribution >= 0.6 is 23.2 Å². The molecule has 0 unspecified atom stereocenters. The van der Waals surface area contributed by atoms with Crippen molar-refractivity contribution in [2.75, 3.05) is 13.1 Å². The van der Waals surface area contributed by atoms with Crippen LogP contribution in [0.15, 0.2) is 76.5 Å². The van der Waals surface area contributed by atoms with Crippen LogP contribution in [0.25, 0.3) is 0 Å². The first-order valence-corrected chi connectivity index (χ1v) is 13.6. The molecule has 36 heavy (non-hydrogen) atoms. The lowest BCUT2D eigenvalue weighted by atomic mass is 10.1. The molecule has 0 aliphatic carbocycles. The zero-order valence-electron chi connectivity index (χ0n) is 19.6. The summed E-state index contributed by atoms with van der Waals surface area (Å²) < 4.78 is 26.0. The average molecular weight is 552 g/mol. The topological polar surface area (TPSA) is 102 Å². The SMILES string of the molecule is CCCC(=O)OOc1ccc(S(=O)(=O)c2ccc(CCNC[C@H](O)c3cccc(Cl)c3)cc2)cc1Cl. The van der Waals surface area contributed by atoms with Crippen molar-refractivity contribution in [2.24, 2.45) is 0 Å². The lowest BCUT2D eigenvalue weighted by Gasteiger charge is -2.13. The van der Waals surface area contributed by atoms with Gasteiger partial charge in [0.2, 0.25) is 9.84 Å². The Morgan fingerprint density at radius 2 is 1.75 bits per heavy atom. The molecule has 0 aliphatic rings. The zero-order chi connectivity index (χ0) is 26.1. The van der Waals surface area contributed by atoms with Crippen molar-refractivity contribution < 1.29 is 28.1 Å². The molecule has 0 heterocycles. The van der Waals surface area contributed by atoms with Gasteiger partial charge in [-0.3, -0.25) is 9.78 Å². The van der Waals surface area contributed by atoms with Crippen LogP contribution in [0.3, 0.4) is 0 Å². The number of carbonyl (C=O) groups excluding carboxylic acids is 1. The second-order valence-electron chi connectivity index (χ2n) is 8.05. The summed E-state index contributed by atoms with van der Waals surface area (Å²) in [4.78, 5) is 21.1. The van der Waals surface area contributed by atoms with Gasteiger partial charge in [0, 0.05) is 18.0 Å². The van der Waals surface area contributed by atoms with E-state index in [1.54, 1.807) is 30.3 Å². The molecule has 2 N–H and O–H groups in total. The molecule has 7 nitrogen and oxygen atoms in total. The van der Waals surface area contributed by atoms with E-state index in [1.807, 2.05) is 13.0 Å². The molecule has 3 aromatic rings. The predicted octanol–water partition coefficient (Wildman–Crippen LogP) is 5.33. The van der Waals surface area contributed by atoms with Gasteiger partial charge in [0.15, 0.2) is 5.75 Å². The van der Waals surface area contributed by atoms with Gasteiger partial charge in [-0.15, -0.1) is 0 Å². The first kappa shape index (κ1) is 28.0. The van der Waals surface area contributed by atoms with Gasteiger partial charge < -0.3 is 10.4 Å². The van der Waals surface area contributed by atoms with Gasteiger partial charge in [0.25, 0.3) is 0 Å². The molecule has 0 spiro atoms. The minimum absolute atomic E-state index is 0.00281. The molecule has 0 aliphatic heterocycles. The fraction of sp³-hybridized carbons (Fsp3) is 0.269. The van der Waals surface area contributed by atoms with Gasteiger partial charge >= 0.3 is 5.97 Å². The number of aliphatic hydroxyl groups is 1. The molecular weight excluding hydrogens is 525 g/mol. The molecule has 3 rings (SSSR count). The quantitative estimate of drug-likeness (QED) is 0.178. The third-order valence-electron chi connectivity index (χ3n) is 5.29. The molecule has 0 saturated heterocycles. The summed E-state index contributed by atoms with van der Waals surface area (Å²) in [7, 11) is -3.81. The number of nitrogens with one attached hydrogen (secondary N) is 1. The summed E-state index contributed by atoms with van der Waals surface area (Å²) in [5.74, 6) is -0.499. The maximum Gasteiger partial charge on any atom is 0.355 e. The largest absolute Gasteiger partial charge is 0.387 e. The minimum Gasteiger partial charge on any atom is -0.387 e. The van der Waals surface area contributed by atoms with E-state index in [9.17, 15) is 18.3 Å². The van der Waals surface area contributed by atoms with E-state index in [0.29, 0.717) is 31.0 Å².